The van der Waals surface area contributed by atoms with E-state index in [0.29, 0.717) is 5.56 Å². The van der Waals surface area contributed by atoms with E-state index in [-0.39, 0.29) is 5.89 Å². The van der Waals surface area contributed by atoms with E-state index >= 15 is 0 Å². The van der Waals surface area contributed by atoms with Gasteiger partial charge in [0.25, 0.3) is 0 Å². The number of hydrogen-bond acceptors (Lipinski definition) is 4. The van der Waals surface area contributed by atoms with Crippen molar-refractivity contribution in [2.24, 2.45) is 0 Å². The summed E-state index contributed by atoms with van der Waals surface area (Å²) in [6.07, 6.45) is 0. The van der Waals surface area contributed by atoms with Crippen LogP contribution in [0.2, 0.25) is 0 Å². The Balaban J connectivity index is 2.37. The maximum atomic E-state index is 10.5. The molecule has 0 spiro atoms. The van der Waals surface area contributed by atoms with E-state index < -0.39 is 11.9 Å². The largest absolute Gasteiger partial charge is 0.474 e. The summed E-state index contributed by atoms with van der Waals surface area (Å²) in [5, 5.41) is 15.6. The standard InChI is InChI=1S/C9H5BrN2O3/c10-6-3-1-5(2-4-6)7-11-12-8(15-7)9(13)14/h1-4H,(H,13,14). The van der Waals surface area contributed by atoms with E-state index in [9.17, 15) is 4.79 Å². The maximum absolute atomic E-state index is 10.5. The Morgan fingerprint density at radius 3 is 2.47 bits per heavy atom. The van der Waals surface area contributed by atoms with Crippen molar-refractivity contribution in [3.8, 4) is 11.5 Å². The van der Waals surface area contributed by atoms with Crippen LogP contribution in [0.5, 0.6) is 0 Å². The van der Waals surface area contributed by atoms with Crippen molar-refractivity contribution in [1.82, 2.24) is 10.2 Å². The first-order valence-corrected chi connectivity index (χ1v) is 4.79. The van der Waals surface area contributed by atoms with Crippen LogP contribution in [0.3, 0.4) is 0 Å². The van der Waals surface area contributed by atoms with E-state index in [1.54, 1.807) is 24.3 Å². The number of aromatic nitrogens is 2. The molecule has 0 atom stereocenters. The average molecular weight is 269 g/mol. The molecule has 0 saturated heterocycles. The highest BCUT2D eigenvalue weighted by Crippen LogP contribution is 2.20. The van der Waals surface area contributed by atoms with Crippen LogP contribution >= 0.6 is 15.9 Å². The van der Waals surface area contributed by atoms with Crippen molar-refractivity contribution >= 4 is 21.9 Å². The molecule has 1 heterocycles. The molecule has 0 unspecified atom stereocenters. The zero-order valence-corrected chi connectivity index (χ0v) is 8.93. The molecule has 0 aliphatic rings. The molecule has 2 rings (SSSR count). The molecule has 76 valence electrons. The van der Waals surface area contributed by atoms with Gasteiger partial charge >= 0.3 is 11.9 Å². The van der Waals surface area contributed by atoms with Gasteiger partial charge < -0.3 is 9.52 Å². The van der Waals surface area contributed by atoms with Gasteiger partial charge in [-0.25, -0.2) is 4.79 Å². The van der Waals surface area contributed by atoms with Crippen LogP contribution in [-0.2, 0) is 0 Å². The monoisotopic (exact) mass is 268 g/mol. The smallest absolute Gasteiger partial charge is 0.393 e. The van der Waals surface area contributed by atoms with Gasteiger partial charge in [0, 0.05) is 10.0 Å². The molecule has 0 amide bonds. The van der Waals surface area contributed by atoms with Gasteiger partial charge in [-0.05, 0) is 24.3 Å². The van der Waals surface area contributed by atoms with E-state index in [1.807, 2.05) is 0 Å². The number of halogens is 1. The van der Waals surface area contributed by atoms with Gasteiger partial charge in [0.2, 0.25) is 5.89 Å². The molecule has 2 aromatic rings. The summed E-state index contributed by atoms with van der Waals surface area (Å²) in [7, 11) is 0. The molecule has 15 heavy (non-hydrogen) atoms. The van der Waals surface area contributed by atoms with Crippen molar-refractivity contribution in [3.63, 3.8) is 0 Å². The molecule has 0 radical (unpaired) electrons. The molecule has 0 bridgehead atoms. The molecule has 0 saturated carbocycles. The third-order valence-electron chi connectivity index (χ3n) is 1.70. The minimum atomic E-state index is -1.23. The number of carbonyl (C=O) groups is 1. The van der Waals surface area contributed by atoms with Crippen LogP contribution in [0.4, 0.5) is 0 Å². The number of benzene rings is 1. The molecule has 1 aromatic carbocycles. The topological polar surface area (TPSA) is 76.2 Å². The number of rotatable bonds is 2. The van der Waals surface area contributed by atoms with Crippen LogP contribution in [0.25, 0.3) is 11.5 Å². The lowest BCUT2D eigenvalue weighted by Gasteiger charge is -1.93. The summed E-state index contributed by atoms with van der Waals surface area (Å²) in [4.78, 5) is 10.5. The van der Waals surface area contributed by atoms with Crippen molar-refractivity contribution < 1.29 is 14.3 Å². The predicted octanol–water partition coefficient (Wildman–Crippen LogP) is 2.20. The Hall–Kier alpha value is -1.69. The fraction of sp³-hybridized carbons (Fsp3) is 0. The lowest BCUT2D eigenvalue weighted by molar-refractivity contribution is 0.0654. The highest BCUT2D eigenvalue weighted by Gasteiger charge is 2.13. The first kappa shape index (κ1) is 9.85. The molecule has 0 aliphatic heterocycles. The second-order valence-electron chi connectivity index (χ2n) is 2.72. The summed E-state index contributed by atoms with van der Waals surface area (Å²) in [5.74, 6) is -1.45. The number of nitrogens with zero attached hydrogens (tertiary/aromatic N) is 2. The molecule has 6 heteroatoms. The zero-order valence-electron chi connectivity index (χ0n) is 7.35. The average Bonchev–Trinajstić information content (AvgIpc) is 2.68. The lowest BCUT2D eigenvalue weighted by Crippen LogP contribution is -1.95. The highest BCUT2D eigenvalue weighted by molar-refractivity contribution is 9.10. The van der Waals surface area contributed by atoms with Crippen molar-refractivity contribution in [2.75, 3.05) is 0 Å². The fourth-order valence-corrected chi connectivity index (χ4v) is 1.28. The van der Waals surface area contributed by atoms with Gasteiger partial charge in [0.15, 0.2) is 0 Å². The first-order valence-electron chi connectivity index (χ1n) is 3.99. The third kappa shape index (κ3) is 2.04. The zero-order chi connectivity index (χ0) is 10.8. The second kappa shape index (κ2) is 3.82. The third-order valence-corrected chi connectivity index (χ3v) is 2.23. The van der Waals surface area contributed by atoms with Gasteiger partial charge in [-0.15, -0.1) is 10.2 Å². The quantitative estimate of drug-likeness (QED) is 0.904. The molecule has 1 aromatic heterocycles. The Kier molecular flexibility index (Phi) is 2.51. The first-order chi connectivity index (χ1) is 7.16. The Morgan fingerprint density at radius 1 is 1.27 bits per heavy atom. The number of carboxylic acid groups (broad SMARTS) is 1. The molecular formula is C9H5BrN2O3. The van der Waals surface area contributed by atoms with Crippen LogP contribution in [0.15, 0.2) is 33.2 Å². The van der Waals surface area contributed by atoms with Gasteiger partial charge in [-0.1, -0.05) is 15.9 Å². The normalized spacial score (nSPS) is 10.2. The molecule has 1 N–H and O–H groups in total. The minimum absolute atomic E-state index is 0.194. The van der Waals surface area contributed by atoms with E-state index in [4.69, 9.17) is 9.52 Å². The molecular weight excluding hydrogens is 264 g/mol. The highest BCUT2D eigenvalue weighted by atomic mass is 79.9. The van der Waals surface area contributed by atoms with Crippen molar-refractivity contribution in [3.05, 3.63) is 34.6 Å². The molecule has 0 aliphatic carbocycles. The van der Waals surface area contributed by atoms with Crippen LogP contribution in [0, 0.1) is 0 Å². The van der Waals surface area contributed by atoms with Gasteiger partial charge in [0.05, 0.1) is 0 Å². The fourth-order valence-electron chi connectivity index (χ4n) is 1.02. The van der Waals surface area contributed by atoms with Crippen LogP contribution in [0.1, 0.15) is 10.7 Å². The van der Waals surface area contributed by atoms with E-state index in [1.165, 1.54) is 0 Å². The van der Waals surface area contributed by atoms with Crippen molar-refractivity contribution in [1.29, 1.82) is 0 Å². The van der Waals surface area contributed by atoms with Gasteiger partial charge in [0.1, 0.15) is 0 Å². The van der Waals surface area contributed by atoms with E-state index in [2.05, 4.69) is 26.1 Å². The lowest BCUT2D eigenvalue weighted by atomic mass is 10.2. The van der Waals surface area contributed by atoms with Crippen molar-refractivity contribution in [2.45, 2.75) is 0 Å². The van der Waals surface area contributed by atoms with E-state index in [0.717, 1.165) is 4.47 Å². The maximum Gasteiger partial charge on any atom is 0.393 e. The summed E-state index contributed by atoms with van der Waals surface area (Å²) in [6, 6.07) is 7.12. The van der Waals surface area contributed by atoms with Crippen LogP contribution in [-0.4, -0.2) is 21.3 Å². The SMILES string of the molecule is O=C(O)c1nnc(-c2ccc(Br)cc2)o1. The predicted molar refractivity (Wildman–Crippen MR) is 54.4 cm³/mol. The van der Waals surface area contributed by atoms with Gasteiger partial charge in [-0.2, -0.15) is 0 Å². The number of aromatic carboxylic acids is 1. The molecule has 0 fully saturated rings. The summed E-state index contributed by atoms with van der Waals surface area (Å²) < 4.78 is 5.85. The second-order valence-corrected chi connectivity index (χ2v) is 3.64. The minimum Gasteiger partial charge on any atom is -0.474 e. The Labute approximate surface area is 92.9 Å². The Morgan fingerprint density at radius 2 is 1.93 bits per heavy atom. The number of hydrogen-bond donors (Lipinski definition) is 1. The summed E-state index contributed by atoms with van der Waals surface area (Å²) in [5.41, 5.74) is 0.679. The Bertz CT molecular complexity index is 492. The molecule has 5 nitrogen and oxygen atoms in total. The van der Waals surface area contributed by atoms with Crippen LogP contribution < -0.4 is 0 Å². The summed E-state index contributed by atoms with van der Waals surface area (Å²) in [6.45, 7) is 0. The number of carboxylic acids is 1. The summed E-state index contributed by atoms with van der Waals surface area (Å²) >= 11 is 3.29. The van der Waals surface area contributed by atoms with Gasteiger partial charge in [-0.3, -0.25) is 0 Å².